The Labute approximate surface area is 217 Å². The predicted octanol–water partition coefficient (Wildman–Crippen LogP) is 4.42. The average molecular weight is 513 g/mol. The summed E-state index contributed by atoms with van der Waals surface area (Å²) in [6.45, 7) is 0. The number of nitrogens with one attached hydrogen (secondary N) is 2. The molecule has 4 aromatic rings. The normalized spacial score (nSPS) is 14.3. The highest BCUT2D eigenvalue weighted by atomic mass is 32.2. The number of ether oxygens (including phenoxy) is 1. The Kier molecular flexibility index (Phi) is 6.93. The van der Waals surface area contributed by atoms with Crippen LogP contribution in [0.3, 0.4) is 0 Å². The van der Waals surface area contributed by atoms with E-state index in [9.17, 15) is 13.2 Å². The van der Waals surface area contributed by atoms with Gasteiger partial charge in [-0.2, -0.15) is 17.9 Å². The lowest BCUT2D eigenvalue weighted by Gasteiger charge is -2.34. The Morgan fingerprint density at radius 2 is 1.16 bits per heavy atom. The summed E-state index contributed by atoms with van der Waals surface area (Å²) in [4.78, 5) is 13.7. The summed E-state index contributed by atoms with van der Waals surface area (Å²) in [5, 5.41) is 0. The lowest BCUT2D eigenvalue weighted by atomic mass is 9.81. The Morgan fingerprint density at radius 3 is 1.62 bits per heavy atom. The maximum atomic E-state index is 14.0. The van der Waals surface area contributed by atoms with Gasteiger partial charge < -0.3 is 4.74 Å². The summed E-state index contributed by atoms with van der Waals surface area (Å²) in [7, 11) is -3.02. The molecule has 0 spiro atoms. The Morgan fingerprint density at radius 1 is 0.730 bits per heavy atom. The highest BCUT2D eigenvalue weighted by Gasteiger charge is 2.50. The number of methoxy groups -OCH3 is 1. The number of carbonyl (C=O) groups excluding carboxylic acids is 1. The number of carbonyl (C=O) groups is 1. The molecule has 0 heterocycles. The van der Waals surface area contributed by atoms with Crippen LogP contribution >= 0.6 is 0 Å². The van der Waals surface area contributed by atoms with Gasteiger partial charge in [-0.1, -0.05) is 109 Å². The highest BCUT2D eigenvalue weighted by molar-refractivity contribution is 7.87. The lowest BCUT2D eigenvalue weighted by molar-refractivity contribution is -0.146. The third-order valence-corrected chi connectivity index (χ3v) is 7.95. The van der Waals surface area contributed by atoms with Crippen molar-refractivity contribution in [3.8, 4) is 0 Å². The van der Waals surface area contributed by atoms with Gasteiger partial charge in [-0.15, -0.1) is 0 Å². The van der Waals surface area contributed by atoms with Crippen molar-refractivity contribution < 1.29 is 17.9 Å². The largest absolute Gasteiger partial charge is 0.467 e. The van der Waals surface area contributed by atoms with Crippen LogP contribution in [-0.4, -0.2) is 21.5 Å². The van der Waals surface area contributed by atoms with E-state index in [-0.39, 0.29) is 0 Å². The van der Waals surface area contributed by atoms with E-state index in [1.165, 1.54) is 7.11 Å². The molecular weight excluding hydrogens is 484 g/mol. The van der Waals surface area contributed by atoms with E-state index in [1.54, 1.807) is 12.1 Å². The molecule has 188 valence electrons. The van der Waals surface area contributed by atoms with Crippen LogP contribution in [0, 0.1) is 0 Å². The SMILES string of the molecule is COC(=O)C1(NS(=O)(=O)NC(c2ccccc2)c2ccccc2)c2ccccc2CCc2ccccc21. The first-order valence-corrected chi connectivity index (χ1v) is 13.6. The van der Waals surface area contributed by atoms with E-state index < -0.39 is 27.8 Å². The second-order valence-corrected chi connectivity index (χ2v) is 10.5. The van der Waals surface area contributed by atoms with Crippen LogP contribution in [0.4, 0.5) is 0 Å². The molecule has 2 N–H and O–H groups in total. The fourth-order valence-corrected chi connectivity index (χ4v) is 6.50. The topological polar surface area (TPSA) is 84.5 Å². The summed E-state index contributed by atoms with van der Waals surface area (Å²) >= 11 is 0. The zero-order chi connectivity index (χ0) is 25.9. The zero-order valence-electron chi connectivity index (χ0n) is 20.4. The van der Waals surface area contributed by atoms with Gasteiger partial charge in [0, 0.05) is 0 Å². The molecule has 0 aromatic heterocycles. The molecule has 1 aliphatic rings. The maximum absolute atomic E-state index is 14.0. The number of esters is 1. The molecule has 0 saturated heterocycles. The minimum absolute atomic E-state index is 0.563. The van der Waals surface area contributed by atoms with Crippen molar-refractivity contribution in [2.24, 2.45) is 0 Å². The van der Waals surface area contributed by atoms with E-state index in [4.69, 9.17) is 4.74 Å². The van der Waals surface area contributed by atoms with Gasteiger partial charge >= 0.3 is 5.97 Å². The van der Waals surface area contributed by atoms with Crippen molar-refractivity contribution in [1.82, 2.24) is 9.44 Å². The van der Waals surface area contributed by atoms with Gasteiger partial charge in [-0.05, 0) is 46.2 Å². The maximum Gasteiger partial charge on any atom is 0.336 e. The first-order chi connectivity index (χ1) is 17.9. The molecule has 0 aliphatic heterocycles. The van der Waals surface area contributed by atoms with Crippen LogP contribution < -0.4 is 9.44 Å². The van der Waals surface area contributed by atoms with Gasteiger partial charge in [0.1, 0.15) is 0 Å². The Hall–Kier alpha value is -3.78. The molecule has 0 saturated carbocycles. The molecule has 7 heteroatoms. The van der Waals surface area contributed by atoms with E-state index in [0.717, 1.165) is 22.3 Å². The minimum Gasteiger partial charge on any atom is -0.467 e. The molecule has 0 unspecified atom stereocenters. The molecule has 0 fully saturated rings. The zero-order valence-corrected chi connectivity index (χ0v) is 21.2. The summed E-state index contributed by atoms with van der Waals surface area (Å²) in [5.74, 6) is -0.698. The molecule has 5 rings (SSSR count). The Bertz CT molecular complexity index is 1420. The van der Waals surface area contributed by atoms with Crippen molar-refractivity contribution in [3.63, 3.8) is 0 Å². The number of rotatable bonds is 7. The number of benzene rings is 4. The molecule has 0 amide bonds. The molecule has 0 atom stereocenters. The smallest absolute Gasteiger partial charge is 0.336 e. The highest BCUT2D eigenvalue weighted by Crippen LogP contribution is 2.39. The first-order valence-electron chi connectivity index (χ1n) is 12.1. The van der Waals surface area contributed by atoms with Crippen molar-refractivity contribution in [3.05, 3.63) is 143 Å². The summed E-state index contributed by atoms with van der Waals surface area (Å²) < 4.78 is 38.8. The predicted molar refractivity (Wildman–Crippen MR) is 143 cm³/mol. The number of hydrogen-bond donors (Lipinski definition) is 2. The fraction of sp³-hybridized carbons (Fsp3) is 0.167. The molecule has 0 bridgehead atoms. The molecule has 6 nitrogen and oxygen atoms in total. The second kappa shape index (κ2) is 10.3. The second-order valence-electron chi connectivity index (χ2n) is 9.03. The summed E-state index contributed by atoms with van der Waals surface area (Å²) in [6.07, 6.45) is 1.33. The van der Waals surface area contributed by atoms with Crippen LogP contribution in [0.25, 0.3) is 0 Å². The standard InChI is InChI=1S/C30H28N2O4S/c1-36-29(33)30(26-18-10-8-12-22(26)20-21-23-13-9-11-19-27(23)30)32-37(34,35)31-28(24-14-4-2-5-15-24)25-16-6-3-7-17-25/h2-19,28,31-32H,20-21H2,1H3. The first kappa shape index (κ1) is 24.9. The van der Waals surface area contributed by atoms with Gasteiger partial charge in [-0.3, -0.25) is 0 Å². The van der Waals surface area contributed by atoms with Gasteiger partial charge in [0.05, 0.1) is 13.2 Å². The quantitative estimate of drug-likeness (QED) is 0.359. The third-order valence-electron chi connectivity index (χ3n) is 6.82. The lowest BCUT2D eigenvalue weighted by Crippen LogP contribution is -2.57. The van der Waals surface area contributed by atoms with Crippen LogP contribution in [0.15, 0.2) is 109 Å². The molecule has 4 aromatic carbocycles. The molecule has 1 aliphatic carbocycles. The van der Waals surface area contributed by atoms with Crippen LogP contribution in [0.1, 0.15) is 39.4 Å². The van der Waals surface area contributed by atoms with Crippen LogP contribution in [0.2, 0.25) is 0 Å². The van der Waals surface area contributed by atoms with Gasteiger partial charge in [0.15, 0.2) is 5.54 Å². The Balaban J connectivity index is 1.66. The van der Waals surface area contributed by atoms with Crippen molar-refractivity contribution in [1.29, 1.82) is 0 Å². The van der Waals surface area contributed by atoms with Gasteiger partial charge in [0.2, 0.25) is 0 Å². The van der Waals surface area contributed by atoms with Crippen molar-refractivity contribution >= 4 is 16.2 Å². The fourth-order valence-electron chi connectivity index (χ4n) is 5.15. The molecular formula is C30H28N2O4S. The number of fused-ring (bicyclic) bond motifs is 2. The van der Waals surface area contributed by atoms with Crippen LogP contribution in [0.5, 0.6) is 0 Å². The van der Waals surface area contributed by atoms with Crippen molar-refractivity contribution in [2.45, 2.75) is 24.4 Å². The van der Waals surface area contributed by atoms with E-state index in [2.05, 4.69) is 9.44 Å². The van der Waals surface area contributed by atoms with E-state index in [0.29, 0.717) is 24.0 Å². The van der Waals surface area contributed by atoms with E-state index in [1.807, 2.05) is 97.1 Å². The van der Waals surface area contributed by atoms with Gasteiger partial charge in [-0.25, -0.2) is 4.79 Å². The number of aryl methyl sites for hydroxylation is 2. The summed E-state index contributed by atoms with van der Waals surface area (Å²) in [6, 6.07) is 32.8. The summed E-state index contributed by atoms with van der Waals surface area (Å²) in [5.41, 5.74) is 2.67. The average Bonchev–Trinajstić information content (AvgIpc) is 3.08. The third kappa shape index (κ3) is 4.81. The monoisotopic (exact) mass is 512 g/mol. The van der Waals surface area contributed by atoms with Crippen LogP contribution in [-0.2, 0) is 38.1 Å². The van der Waals surface area contributed by atoms with E-state index >= 15 is 0 Å². The molecule has 0 radical (unpaired) electrons. The molecule has 37 heavy (non-hydrogen) atoms. The van der Waals surface area contributed by atoms with Gasteiger partial charge in [0.25, 0.3) is 10.2 Å². The number of hydrogen-bond acceptors (Lipinski definition) is 4. The minimum atomic E-state index is -4.29. The van der Waals surface area contributed by atoms with Crippen molar-refractivity contribution in [2.75, 3.05) is 7.11 Å².